The molecule has 134 valence electrons. The third-order valence-corrected chi connectivity index (χ3v) is 6.07. The summed E-state index contributed by atoms with van der Waals surface area (Å²) in [5.41, 5.74) is 0.416. The summed E-state index contributed by atoms with van der Waals surface area (Å²) in [6.45, 7) is 2.67. The van der Waals surface area contributed by atoms with E-state index in [1.54, 1.807) is 13.3 Å². The fourth-order valence-electron chi connectivity index (χ4n) is 4.86. The summed E-state index contributed by atoms with van der Waals surface area (Å²) in [4.78, 5) is 6.98. The summed E-state index contributed by atoms with van der Waals surface area (Å²) < 4.78 is 7.49. The van der Waals surface area contributed by atoms with Crippen molar-refractivity contribution < 1.29 is 9.84 Å². The second-order valence-electron chi connectivity index (χ2n) is 7.52. The van der Waals surface area contributed by atoms with E-state index in [1.165, 1.54) is 12.0 Å². The Bertz CT molecular complexity index is 728. The molecule has 1 unspecified atom stereocenters. The molecule has 1 aromatic carbocycles. The van der Waals surface area contributed by atoms with Gasteiger partial charge in [-0.15, -0.1) is 0 Å². The van der Waals surface area contributed by atoms with Crippen LogP contribution in [0.4, 0.5) is 0 Å². The molecule has 1 aliphatic heterocycles. The third kappa shape index (κ3) is 2.75. The van der Waals surface area contributed by atoms with E-state index in [1.807, 2.05) is 29.9 Å². The van der Waals surface area contributed by atoms with Gasteiger partial charge in [0.05, 0.1) is 7.11 Å². The Kier molecular flexibility index (Phi) is 4.29. The molecule has 3 atom stereocenters. The normalized spacial score (nSPS) is 29.6. The lowest BCUT2D eigenvalue weighted by Gasteiger charge is -2.52. The van der Waals surface area contributed by atoms with Crippen molar-refractivity contribution in [3.8, 4) is 5.75 Å². The number of para-hydroxylation sites is 1. The van der Waals surface area contributed by atoms with Gasteiger partial charge >= 0.3 is 0 Å². The summed E-state index contributed by atoms with van der Waals surface area (Å²) >= 11 is 0. The minimum atomic E-state index is -0.798. The Morgan fingerprint density at radius 3 is 2.60 bits per heavy atom. The molecule has 2 fully saturated rings. The fraction of sp³-hybridized carbons (Fsp3) is 0.550. The molecule has 2 bridgehead atoms. The molecule has 0 amide bonds. The summed E-state index contributed by atoms with van der Waals surface area (Å²) in [6.07, 6.45) is 7.05. The maximum Gasteiger partial charge on any atom is 0.141 e. The molecule has 1 aromatic heterocycles. The largest absolute Gasteiger partial charge is 0.496 e. The number of hydrogen-bond acceptors (Lipinski definition) is 4. The minimum absolute atomic E-state index is 0.232. The van der Waals surface area contributed by atoms with Gasteiger partial charge in [-0.1, -0.05) is 24.6 Å². The van der Waals surface area contributed by atoms with Crippen LogP contribution in [0.15, 0.2) is 36.7 Å². The van der Waals surface area contributed by atoms with Crippen molar-refractivity contribution in [1.82, 2.24) is 14.5 Å². The van der Waals surface area contributed by atoms with Crippen LogP contribution in [0, 0.1) is 11.8 Å². The van der Waals surface area contributed by atoms with E-state index in [0.717, 1.165) is 44.0 Å². The predicted octanol–water partition coefficient (Wildman–Crippen LogP) is 2.55. The van der Waals surface area contributed by atoms with Crippen molar-refractivity contribution in [3.05, 3.63) is 48.0 Å². The molecule has 2 heterocycles. The van der Waals surface area contributed by atoms with Crippen LogP contribution in [0.25, 0.3) is 0 Å². The molecule has 0 spiro atoms. The summed E-state index contributed by atoms with van der Waals surface area (Å²) in [5, 5.41) is 11.6. The van der Waals surface area contributed by atoms with Crippen LogP contribution in [0.1, 0.15) is 30.7 Å². The number of benzene rings is 1. The molecular weight excluding hydrogens is 314 g/mol. The van der Waals surface area contributed by atoms with E-state index in [2.05, 4.69) is 22.0 Å². The number of ether oxygens (including phenoxy) is 1. The fourth-order valence-corrected chi connectivity index (χ4v) is 4.86. The van der Waals surface area contributed by atoms with Crippen LogP contribution < -0.4 is 4.74 Å². The third-order valence-electron chi connectivity index (χ3n) is 6.07. The highest BCUT2D eigenvalue weighted by Crippen LogP contribution is 2.48. The molecular formula is C20H27N3O2. The summed E-state index contributed by atoms with van der Waals surface area (Å²) in [6, 6.07) is 8.22. The van der Waals surface area contributed by atoms with Gasteiger partial charge < -0.3 is 14.4 Å². The van der Waals surface area contributed by atoms with E-state index in [9.17, 15) is 5.11 Å². The highest BCUT2D eigenvalue weighted by molar-refractivity contribution is 5.33. The van der Waals surface area contributed by atoms with Gasteiger partial charge in [-0.3, -0.25) is 4.90 Å². The quantitative estimate of drug-likeness (QED) is 0.928. The first kappa shape index (κ1) is 16.6. The number of imidazole rings is 1. The van der Waals surface area contributed by atoms with Crippen LogP contribution in [-0.2, 0) is 19.2 Å². The van der Waals surface area contributed by atoms with Gasteiger partial charge in [-0.2, -0.15) is 0 Å². The highest BCUT2D eigenvalue weighted by Gasteiger charge is 2.53. The molecule has 1 saturated carbocycles. The number of aryl methyl sites for hydroxylation is 1. The van der Waals surface area contributed by atoms with Crippen LogP contribution in [0.2, 0.25) is 0 Å². The van der Waals surface area contributed by atoms with Gasteiger partial charge in [-0.25, -0.2) is 4.98 Å². The number of aliphatic hydroxyl groups is 1. The number of nitrogens with zero attached hydrogens (tertiary/aromatic N) is 3. The highest BCUT2D eigenvalue weighted by atomic mass is 16.5. The van der Waals surface area contributed by atoms with Crippen molar-refractivity contribution >= 4 is 0 Å². The molecule has 1 saturated heterocycles. The number of likely N-dealkylation sites (tertiary alicyclic amines) is 1. The van der Waals surface area contributed by atoms with Gasteiger partial charge in [-0.05, 0) is 18.9 Å². The van der Waals surface area contributed by atoms with Crippen LogP contribution >= 0.6 is 0 Å². The first-order valence-corrected chi connectivity index (χ1v) is 9.17. The lowest BCUT2D eigenvalue weighted by Crippen LogP contribution is -2.58. The molecule has 1 aliphatic carbocycles. The van der Waals surface area contributed by atoms with E-state index in [-0.39, 0.29) is 11.8 Å². The predicted molar refractivity (Wildman–Crippen MR) is 96.2 cm³/mol. The van der Waals surface area contributed by atoms with Crippen molar-refractivity contribution in [2.45, 2.75) is 31.4 Å². The Labute approximate surface area is 149 Å². The minimum Gasteiger partial charge on any atom is -0.496 e. The Hall–Kier alpha value is -1.85. The number of rotatable bonds is 4. The zero-order chi connectivity index (χ0) is 17.4. The number of fused-ring (bicyclic) bond motifs is 2. The van der Waals surface area contributed by atoms with Crippen LogP contribution in [-0.4, -0.2) is 39.8 Å². The zero-order valence-electron chi connectivity index (χ0n) is 15.1. The van der Waals surface area contributed by atoms with E-state index in [4.69, 9.17) is 4.74 Å². The Balaban J connectivity index is 1.58. The van der Waals surface area contributed by atoms with Crippen LogP contribution in [0.5, 0.6) is 5.75 Å². The SMILES string of the molecule is COc1ccccc1CN1C[C@H]2CCC[C@@H](C1)C2(O)c1nccn1C. The number of piperidine rings is 1. The van der Waals surface area contributed by atoms with Crippen molar-refractivity contribution in [3.63, 3.8) is 0 Å². The standard InChI is InChI=1S/C20H27N3O2/c1-22-11-10-21-19(22)20(24)16-7-5-8-17(20)14-23(13-16)12-15-6-3-4-9-18(15)25-2/h3-4,6,9-11,16-17,24H,5,7-8,12-14H2,1-2H3/t16-,17+,20?. The first-order valence-electron chi connectivity index (χ1n) is 9.17. The van der Waals surface area contributed by atoms with Gasteiger partial charge in [0, 0.05) is 56.5 Å². The van der Waals surface area contributed by atoms with Crippen LogP contribution in [0.3, 0.4) is 0 Å². The van der Waals surface area contributed by atoms with E-state index in [0.29, 0.717) is 0 Å². The van der Waals surface area contributed by atoms with Crippen molar-refractivity contribution in [1.29, 1.82) is 0 Å². The first-order chi connectivity index (χ1) is 12.1. The zero-order valence-corrected chi connectivity index (χ0v) is 15.1. The molecule has 2 aromatic rings. The van der Waals surface area contributed by atoms with Gasteiger partial charge in [0.15, 0.2) is 0 Å². The van der Waals surface area contributed by atoms with E-state index >= 15 is 0 Å². The number of hydrogen-bond donors (Lipinski definition) is 1. The molecule has 1 N–H and O–H groups in total. The van der Waals surface area contributed by atoms with Crippen molar-refractivity contribution in [2.24, 2.45) is 18.9 Å². The molecule has 5 heteroatoms. The average Bonchev–Trinajstić information content (AvgIpc) is 3.03. The Morgan fingerprint density at radius 2 is 1.96 bits per heavy atom. The lowest BCUT2D eigenvalue weighted by molar-refractivity contribution is -0.155. The molecule has 5 nitrogen and oxygen atoms in total. The molecule has 0 radical (unpaired) electrons. The summed E-state index contributed by atoms with van der Waals surface area (Å²) in [5.74, 6) is 2.24. The number of aromatic nitrogens is 2. The van der Waals surface area contributed by atoms with Gasteiger partial charge in [0.1, 0.15) is 17.2 Å². The smallest absolute Gasteiger partial charge is 0.141 e. The monoisotopic (exact) mass is 341 g/mol. The average molecular weight is 341 g/mol. The second-order valence-corrected chi connectivity index (χ2v) is 7.52. The molecule has 25 heavy (non-hydrogen) atoms. The molecule has 2 aliphatic rings. The molecule has 4 rings (SSSR count). The summed E-state index contributed by atoms with van der Waals surface area (Å²) in [7, 11) is 3.71. The van der Waals surface area contributed by atoms with Gasteiger partial charge in [0.2, 0.25) is 0 Å². The second kappa shape index (κ2) is 6.46. The maximum absolute atomic E-state index is 11.6. The van der Waals surface area contributed by atoms with Crippen molar-refractivity contribution in [2.75, 3.05) is 20.2 Å². The van der Waals surface area contributed by atoms with E-state index < -0.39 is 5.60 Å². The lowest BCUT2D eigenvalue weighted by atomic mass is 9.65. The van der Waals surface area contributed by atoms with Gasteiger partial charge in [0.25, 0.3) is 0 Å². The maximum atomic E-state index is 11.6. The topological polar surface area (TPSA) is 50.5 Å². The number of methoxy groups -OCH3 is 1. The Morgan fingerprint density at radius 1 is 1.24 bits per heavy atom.